The molecule has 112 valence electrons. The van der Waals surface area contributed by atoms with Gasteiger partial charge in [-0.25, -0.2) is 0 Å². The van der Waals surface area contributed by atoms with E-state index in [9.17, 15) is 10.1 Å². The largest absolute Gasteiger partial charge is 0.493 e. The lowest BCUT2D eigenvalue weighted by molar-refractivity contribution is -0.385. The second kappa shape index (κ2) is 6.31. The van der Waals surface area contributed by atoms with E-state index in [0.717, 1.165) is 0 Å². The number of ether oxygens (including phenoxy) is 2. The lowest BCUT2D eigenvalue weighted by atomic mass is 9.87. The topological polar surface area (TPSA) is 61.6 Å². The summed E-state index contributed by atoms with van der Waals surface area (Å²) < 4.78 is 10.3. The molecule has 0 aliphatic rings. The van der Waals surface area contributed by atoms with Crippen molar-refractivity contribution in [3.8, 4) is 11.5 Å². The Bertz CT molecular complexity index is 497. The van der Waals surface area contributed by atoms with Gasteiger partial charge in [0, 0.05) is 10.9 Å². The molecule has 0 bridgehead atoms. The Hall–Kier alpha value is -1.49. The average molecular weight is 302 g/mol. The number of halogens is 1. The number of hydrogen-bond acceptors (Lipinski definition) is 4. The molecule has 6 heteroatoms. The van der Waals surface area contributed by atoms with Crippen molar-refractivity contribution >= 4 is 17.3 Å². The number of nitro groups is 1. The molecule has 1 rings (SSSR count). The SMILES string of the molecule is COc1cc(CC(Cl)C(C)(C)C)c([N+](=O)[O-])cc1OC. The molecule has 0 heterocycles. The summed E-state index contributed by atoms with van der Waals surface area (Å²) in [6, 6.07) is 3.00. The standard InChI is InChI=1S/C14H20ClNO4/c1-14(2,3)13(15)7-9-6-11(19-4)12(20-5)8-10(9)16(17)18/h6,8,13H,7H2,1-5H3. The third-order valence-electron chi connectivity index (χ3n) is 3.12. The predicted octanol–water partition coefficient (Wildman–Crippen LogP) is 3.81. The molecule has 0 aliphatic heterocycles. The van der Waals surface area contributed by atoms with E-state index >= 15 is 0 Å². The summed E-state index contributed by atoms with van der Waals surface area (Å²) in [6.07, 6.45) is 0.391. The number of benzene rings is 1. The van der Waals surface area contributed by atoms with Gasteiger partial charge in [-0.05, 0) is 17.9 Å². The van der Waals surface area contributed by atoms with Crippen LogP contribution in [0.25, 0.3) is 0 Å². The minimum atomic E-state index is -0.427. The van der Waals surface area contributed by atoms with Gasteiger partial charge in [0.05, 0.1) is 25.2 Å². The zero-order valence-corrected chi connectivity index (χ0v) is 13.2. The first-order valence-electron chi connectivity index (χ1n) is 6.24. The maximum atomic E-state index is 11.2. The smallest absolute Gasteiger partial charge is 0.276 e. The lowest BCUT2D eigenvalue weighted by Gasteiger charge is -2.25. The van der Waals surface area contributed by atoms with Crippen LogP contribution in [0.1, 0.15) is 26.3 Å². The monoisotopic (exact) mass is 301 g/mol. The molecular weight excluding hydrogens is 282 g/mol. The average Bonchev–Trinajstić information content (AvgIpc) is 2.36. The first-order valence-corrected chi connectivity index (χ1v) is 6.67. The molecule has 1 atom stereocenters. The first-order chi connectivity index (χ1) is 9.20. The van der Waals surface area contributed by atoms with E-state index < -0.39 is 4.92 Å². The number of nitrogens with zero attached hydrogens (tertiary/aromatic N) is 1. The minimum Gasteiger partial charge on any atom is -0.493 e. The zero-order valence-electron chi connectivity index (χ0n) is 12.4. The lowest BCUT2D eigenvalue weighted by Crippen LogP contribution is -2.23. The summed E-state index contributed by atoms with van der Waals surface area (Å²) in [4.78, 5) is 10.8. The summed E-state index contributed by atoms with van der Waals surface area (Å²) >= 11 is 6.34. The van der Waals surface area contributed by atoms with E-state index in [-0.39, 0.29) is 16.5 Å². The Kier molecular flexibility index (Phi) is 5.22. The summed E-state index contributed by atoms with van der Waals surface area (Å²) in [6.45, 7) is 5.99. The Morgan fingerprint density at radius 3 is 2.15 bits per heavy atom. The molecule has 0 radical (unpaired) electrons. The molecule has 0 aliphatic carbocycles. The van der Waals surface area contributed by atoms with Gasteiger partial charge in [0.25, 0.3) is 5.69 Å². The third kappa shape index (κ3) is 3.76. The molecule has 1 aromatic carbocycles. The highest BCUT2D eigenvalue weighted by Gasteiger charge is 2.27. The number of alkyl halides is 1. The molecule has 0 spiro atoms. The van der Waals surface area contributed by atoms with E-state index in [4.69, 9.17) is 21.1 Å². The second-order valence-electron chi connectivity index (χ2n) is 5.63. The highest BCUT2D eigenvalue weighted by Crippen LogP contribution is 2.37. The van der Waals surface area contributed by atoms with Crippen LogP contribution < -0.4 is 9.47 Å². The molecule has 1 unspecified atom stereocenters. The highest BCUT2D eigenvalue weighted by molar-refractivity contribution is 6.21. The van der Waals surface area contributed by atoms with Crippen LogP contribution in [0.3, 0.4) is 0 Å². The molecule has 0 fully saturated rings. The van der Waals surface area contributed by atoms with Crippen molar-refractivity contribution in [3.05, 3.63) is 27.8 Å². The van der Waals surface area contributed by atoms with Crippen LogP contribution in [0.4, 0.5) is 5.69 Å². The minimum absolute atomic E-state index is 0.00227. The van der Waals surface area contributed by atoms with Crippen LogP contribution in [0.15, 0.2) is 12.1 Å². The van der Waals surface area contributed by atoms with Gasteiger partial charge in [-0.1, -0.05) is 20.8 Å². The molecular formula is C14H20ClNO4. The van der Waals surface area contributed by atoms with Gasteiger partial charge in [-0.3, -0.25) is 10.1 Å². The van der Waals surface area contributed by atoms with Gasteiger partial charge < -0.3 is 9.47 Å². The molecule has 0 saturated carbocycles. The number of rotatable bonds is 5. The Morgan fingerprint density at radius 1 is 1.25 bits per heavy atom. The Balaban J connectivity index is 3.26. The fourth-order valence-corrected chi connectivity index (χ4v) is 1.91. The second-order valence-corrected chi connectivity index (χ2v) is 6.16. The maximum absolute atomic E-state index is 11.2. The Labute approximate surface area is 124 Å². The van der Waals surface area contributed by atoms with Crippen molar-refractivity contribution in [2.24, 2.45) is 5.41 Å². The first kappa shape index (κ1) is 16.6. The molecule has 0 N–H and O–H groups in total. The number of methoxy groups -OCH3 is 2. The van der Waals surface area contributed by atoms with E-state index in [1.165, 1.54) is 20.3 Å². The zero-order chi connectivity index (χ0) is 15.5. The normalized spacial score (nSPS) is 12.9. The number of hydrogen-bond donors (Lipinski definition) is 0. The Morgan fingerprint density at radius 2 is 1.75 bits per heavy atom. The van der Waals surface area contributed by atoms with Gasteiger partial charge in [-0.2, -0.15) is 0 Å². The van der Waals surface area contributed by atoms with Crippen LogP contribution in [0.2, 0.25) is 0 Å². The van der Waals surface area contributed by atoms with Gasteiger partial charge in [0.2, 0.25) is 0 Å². The summed E-state index contributed by atoms with van der Waals surface area (Å²) in [5.74, 6) is 0.802. The van der Waals surface area contributed by atoms with Crippen molar-refractivity contribution in [2.45, 2.75) is 32.6 Å². The molecule has 0 saturated heterocycles. The van der Waals surface area contributed by atoms with E-state index in [1.807, 2.05) is 20.8 Å². The summed E-state index contributed by atoms with van der Waals surface area (Å²) in [7, 11) is 2.94. The van der Waals surface area contributed by atoms with E-state index in [0.29, 0.717) is 23.5 Å². The molecule has 20 heavy (non-hydrogen) atoms. The third-order valence-corrected chi connectivity index (χ3v) is 3.93. The van der Waals surface area contributed by atoms with Crippen molar-refractivity contribution in [1.82, 2.24) is 0 Å². The maximum Gasteiger partial charge on any atom is 0.276 e. The molecule has 0 aromatic heterocycles. The predicted molar refractivity (Wildman–Crippen MR) is 79.0 cm³/mol. The molecule has 5 nitrogen and oxygen atoms in total. The fourth-order valence-electron chi connectivity index (χ4n) is 1.74. The van der Waals surface area contributed by atoms with E-state index in [1.54, 1.807) is 6.07 Å². The van der Waals surface area contributed by atoms with Gasteiger partial charge >= 0.3 is 0 Å². The quantitative estimate of drug-likeness (QED) is 0.471. The highest BCUT2D eigenvalue weighted by atomic mass is 35.5. The van der Waals surface area contributed by atoms with Crippen LogP contribution in [-0.2, 0) is 6.42 Å². The van der Waals surface area contributed by atoms with Gasteiger partial charge in [0.1, 0.15) is 0 Å². The van der Waals surface area contributed by atoms with Gasteiger partial charge in [0.15, 0.2) is 11.5 Å². The van der Waals surface area contributed by atoms with Crippen LogP contribution in [0.5, 0.6) is 11.5 Å². The van der Waals surface area contributed by atoms with E-state index in [2.05, 4.69) is 0 Å². The van der Waals surface area contributed by atoms with Crippen molar-refractivity contribution < 1.29 is 14.4 Å². The van der Waals surface area contributed by atoms with Crippen molar-refractivity contribution in [3.63, 3.8) is 0 Å². The molecule has 0 amide bonds. The van der Waals surface area contributed by atoms with Crippen molar-refractivity contribution in [1.29, 1.82) is 0 Å². The van der Waals surface area contributed by atoms with Crippen molar-refractivity contribution in [2.75, 3.05) is 14.2 Å². The summed E-state index contributed by atoms with van der Waals surface area (Å²) in [5, 5.41) is 11.0. The van der Waals surface area contributed by atoms with Crippen LogP contribution in [-0.4, -0.2) is 24.5 Å². The van der Waals surface area contributed by atoms with Gasteiger partial charge in [-0.15, -0.1) is 11.6 Å². The van der Waals surface area contributed by atoms with Crippen LogP contribution >= 0.6 is 11.6 Å². The van der Waals surface area contributed by atoms with Crippen LogP contribution in [0, 0.1) is 15.5 Å². The molecule has 1 aromatic rings. The summed E-state index contributed by atoms with van der Waals surface area (Å²) in [5.41, 5.74) is 0.392. The fraction of sp³-hybridized carbons (Fsp3) is 0.571. The number of nitro benzene ring substituents is 1.